The van der Waals surface area contributed by atoms with Crippen LogP contribution in [0.1, 0.15) is 10.4 Å². The molecule has 0 saturated heterocycles. The molecule has 0 aliphatic carbocycles. The van der Waals surface area contributed by atoms with E-state index < -0.39 is 5.82 Å². The van der Waals surface area contributed by atoms with Crippen molar-refractivity contribution in [2.24, 2.45) is 0 Å². The van der Waals surface area contributed by atoms with Gasteiger partial charge in [-0.2, -0.15) is 0 Å². The van der Waals surface area contributed by atoms with Crippen LogP contribution in [0.15, 0.2) is 21.1 Å². The monoisotopic (exact) mass is 280 g/mol. The Bertz CT molecular complexity index is 299. The standard InChI is InChI=1S/C7H3Br2FO/c8-5-1-4(3-11)7(10)6(9)2-5/h1-3H. The minimum Gasteiger partial charge on any atom is -0.298 e. The smallest absolute Gasteiger partial charge is 0.153 e. The molecule has 1 aromatic carbocycles. The zero-order valence-corrected chi connectivity index (χ0v) is 8.45. The first-order valence-electron chi connectivity index (χ1n) is 2.75. The van der Waals surface area contributed by atoms with Crippen LogP contribution in [-0.4, -0.2) is 6.29 Å². The second-order valence-electron chi connectivity index (χ2n) is 1.91. The third-order valence-electron chi connectivity index (χ3n) is 1.15. The van der Waals surface area contributed by atoms with Crippen LogP contribution >= 0.6 is 31.9 Å². The minimum atomic E-state index is -0.525. The fourth-order valence-electron chi connectivity index (χ4n) is 0.662. The second kappa shape index (κ2) is 3.45. The summed E-state index contributed by atoms with van der Waals surface area (Å²) in [6, 6.07) is 2.97. The van der Waals surface area contributed by atoms with Gasteiger partial charge >= 0.3 is 0 Å². The molecule has 0 heterocycles. The zero-order chi connectivity index (χ0) is 8.43. The van der Waals surface area contributed by atoms with Gasteiger partial charge in [0.05, 0.1) is 10.0 Å². The number of aldehydes is 1. The number of carbonyl (C=O) groups is 1. The van der Waals surface area contributed by atoms with Gasteiger partial charge in [0.25, 0.3) is 0 Å². The molecule has 0 aromatic heterocycles. The molecular formula is C7H3Br2FO. The molecule has 0 radical (unpaired) electrons. The summed E-state index contributed by atoms with van der Waals surface area (Å²) >= 11 is 6.11. The lowest BCUT2D eigenvalue weighted by Crippen LogP contribution is -1.88. The van der Waals surface area contributed by atoms with E-state index in [0.29, 0.717) is 10.8 Å². The first-order valence-corrected chi connectivity index (χ1v) is 4.33. The van der Waals surface area contributed by atoms with Gasteiger partial charge in [-0.3, -0.25) is 4.79 Å². The number of halogens is 3. The van der Waals surface area contributed by atoms with Crippen LogP contribution in [0.25, 0.3) is 0 Å². The number of carbonyl (C=O) groups excluding carboxylic acids is 1. The molecule has 0 atom stereocenters. The summed E-state index contributed by atoms with van der Waals surface area (Å²) in [6.45, 7) is 0. The summed E-state index contributed by atoms with van der Waals surface area (Å²) in [4.78, 5) is 10.3. The lowest BCUT2D eigenvalue weighted by molar-refractivity contribution is 0.111. The average Bonchev–Trinajstić information content (AvgIpc) is 1.96. The molecule has 11 heavy (non-hydrogen) atoms. The van der Waals surface area contributed by atoms with Crippen molar-refractivity contribution in [2.75, 3.05) is 0 Å². The molecule has 0 N–H and O–H groups in total. The third-order valence-corrected chi connectivity index (χ3v) is 2.18. The first-order chi connectivity index (χ1) is 5.15. The van der Waals surface area contributed by atoms with E-state index in [0.717, 1.165) is 0 Å². The van der Waals surface area contributed by atoms with Crippen molar-refractivity contribution in [3.63, 3.8) is 0 Å². The quantitative estimate of drug-likeness (QED) is 0.571. The number of hydrogen-bond donors (Lipinski definition) is 0. The van der Waals surface area contributed by atoms with Gasteiger partial charge in [-0.15, -0.1) is 0 Å². The average molecular weight is 282 g/mol. The largest absolute Gasteiger partial charge is 0.298 e. The molecule has 0 aliphatic heterocycles. The fraction of sp³-hybridized carbons (Fsp3) is 0. The van der Waals surface area contributed by atoms with Gasteiger partial charge in [-0.05, 0) is 28.1 Å². The summed E-state index contributed by atoms with van der Waals surface area (Å²) in [5.74, 6) is -0.525. The minimum absolute atomic E-state index is 0.0475. The van der Waals surface area contributed by atoms with Crippen LogP contribution in [0.3, 0.4) is 0 Å². The number of benzene rings is 1. The lowest BCUT2D eigenvalue weighted by Gasteiger charge is -1.97. The van der Waals surface area contributed by atoms with Crippen molar-refractivity contribution in [1.29, 1.82) is 0 Å². The van der Waals surface area contributed by atoms with Gasteiger partial charge in [0.15, 0.2) is 6.29 Å². The predicted octanol–water partition coefficient (Wildman–Crippen LogP) is 3.16. The highest BCUT2D eigenvalue weighted by atomic mass is 79.9. The predicted molar refractivity (Wildman–Crippen MR) is 47.2 cm³/mol. The molecule has 1 rings (SSSR count). The molecule has 0 fully saturated rings. The van der Waals surface area contributed by atoms with E-state index in [1.54, 1.807) is 6.07 Å². The van der Waals surface area contributed by atoms with E-state index in [-0.39, 0.29) is 10.0 Å². The van der Waals surface area contributed by atoms with Crippen LogP contribution in [0.4, 0.5) is 4.39 Å². The highest BCUT2D eigenvalue weighted by Crippen LogP contribution is 2.23. The Morgan fingerprint density at radius 2 is 2.00 bits per heavy atom. The molecule has 0 bridgehead atoms. The maximum atomic E-state index is 12.9. The van der Waals surface area contributed by atoms with Crippen molar-refractivity contribution >= 4 is 38.1 Å². The lowest BCUT2D eigenvalue weighted by atomic mass is 10.2. The van der Waals surface area contributed by atoms with Crippen molar-refractivity contribution in [3.8, 4) is 0 Å². The maximum absolute atomic E-state index is 12.9. The van der Waals surface area contributed by atoms with Crippen LogP contribution < -0.4 is 0 Å². The normalized spacial score (nSPS) is 9.73. The zero-order valence-electron chi connectivity index (χ0n) is 5.27. The van der Waals surface area contributed by atoms with Gasteiger partial charge in [-0.25, -0.2) is 4.39 Å². The summed E-state index contributed by atoms with van der Waals surface area (Å²) in [5.41, 5.74) is 0.0475. The Hall–Kier alpha value is -0.220. The van der Waals surface area contributed by atoms with E-state index in [4.69, 9.17) is 0 Å². The molecule has 58 valence electrons. The van der Waals surface area contributed by atoms with Crippen LogP contribution in [0.2, 0.25) is 0 Å². The fourth-order valence-corrected chi connectivity index (χ4v) is 1.92. The molecule has 4 heteroatoms. The summed E-state index contributed by atoms with van der Waals surface area (Å²) < 4.78 is 13.8. The molecule has 0 amide bonds. The Kier molecular flexibility index (Phi) is 2.78. The van der Waals surface area contributed by atoms with E-state index in [1.807, 2.05) is 0 Å². The SMILES string of the molecule is O=Cc1cc(Br)cc(Br)c1F. The molecular weight excluding hydrogens is 279 g/mol. The second-order valence-corrected chi connectivity index (χ2v) is 3.68. The van der Waals surface area contributed by atoms with Crippen molar-refractivity contribution in [3.05, 3.63) is 32.5 Å². The third kappa shape index (κ3) is 1.87. The molecule has 0 spiro atoms. The first kappa shape index (κ1) is 8.87. The van der Waals surface area contributed by atoms with Gasteiger partial charge in [0.2, 0.25) is 0 Å². The highest BCUT2D eigenvalue weighted by molar-refractivity contribution is 9.11. The molecule has 1 nitrogen and oxygen atoms in total. The Morgan fingerprint density at radius 3 is 2.55 bits per heavy atom. The van der Waals surface area contributed by atoms with E-state index >= 15 is 0 Å². The van der Waals surface area contributed by atoms with Gasteiger partial charge < -0.3 is 0 Å². The van der Waals surface area contributed by atoms with Crippen LogP contribution in [-0.2, 0) is 0 Å². The molecule has 1 aromatic rings. The summed E-state index contributed by atoms with van der Waals surface area (Å²) in [5, 5.41) is 0. The van der Waals surface area contributed by atoms with Crippen LogP contribution in [0.5, 0.6) is 0 Å². The molecule has 0 unspecified atom stereocenters. The Labute approximate surface area is 79.9 Å². The molecule has 0 aliphatic rings. The van der Waals surface area contributed by atoms with E-state index in [2.05, 4.69) is 31.9 Å². The van der Waals surface area contributed by atoms with Gasteiger partial charge in [-0.1, -0.05) is 15.9 Å². The van der Waals surface area contributed by atoms with Crippen molar-refractivity contribution in [2.45, 2.75) is 0 Å². The Balaban J connectivity index is 3.35. The number of rotatable bonds is 1. The van der Waals surface area contributed by atoms with Gasteiger partial charge in [0.1, 0.15) is 5.82 Å². The van der Waals surface area contributed by atoms with Crippen molar-refractivity contribution in [1.82, 2.24) is 0 Å². The van der Waals surface area contributed by atoms with E-state index in [1.165, 1.54) is 6.07 Å². The van der Waals surface area contributed by atoms with Crippen molar-refractivity contribution < 1.29 is 9.18 Å². The maximum Gasteiger partial charge on any atom is 0.153 e. The topological polar surface area (TPSA) is 17.1 Å². The summed E-state index contributed by atoms with van der Waals surface area (Å²) in [6.07, 6.45) is 0.477. The van der Waals surface area contributed by atoms with E-state index in [9.17, 15) is 9.18 Å². The van der Waals surface area contributed by atoms with Gasteiger partial charge in [0, 0.05) is 4.47 Å². The number of hydrogen-bond acceptors (Lipinski definition) is 1. The Morgan fingerprint density at radius 1 is 1.36 bits per heavy atom. The summed E-state index contributed by atoms with van der Waals surface area (Å²) in [7, 11) is 0. The molecule has 0 saturated carbocycles. The highest BCUT2D eigenvalue weighted by Gasteiger charge is 2.06. The van der Waals surface area contributed by atoms with Crippen LogP contribution in [0, 0.1) is 5.82 Å².